The van der Waals surface area contributed by atoms with Crippen molar-refractivity contribution in [3.05, 3.63) is 64.8 Å². The highest BCUT2D eigenvalue weighted by atomic mass is 35.5. The van der Waals surface area contributed by atoms with Gasteiger partial charge in [0.05, 0.1) is 27.8 Å². The van der Waals surface area contributed by atoms with Crippen LogP contribution in [0, 0.1) is 12.7 Å². The van der Waals surface area contributed by atoms with Gasteiger partial charge in [0.1, 0.15) is 11.4 Å². The van der Waals surface area contributed by atoms with Gasteiger partial charge >= 0.3 is 6.09 Å². The third-order valence-electron chi connectivity index (χ3n) is 4.44. The summed E-state index contributed by atoms with van der Waals surface area (Å²) >= 11 is 6.24. The minimum Gasteiger partial charge on any atom is -0.444 e. The fourth-order valence-electron chi connectivity index (χ4n) is 2.88. The van der Waals surface area contributed by atoms with E-state index in [0.717, 1.165) is 16.8 Å². The van der Waals surface area contributed by atoms with E-state index in [1.165, 1.54) is 36.3 Å². The van der Waals surface area contributed by atoms with Crippen LogP contribution >= 0.6 is 11.6 Å². The fraction of sp³-hybridized carbons (Fsp3) is 0.318. The van der Waals surface area contributed by atoms with Gasteiger partial charge in [-0.1, -0.05) is 11.6 Å². The summed E-state index contributed by atoms with van der Waals surface area (Å²) in [5.41, 5.74) is 0.228. The molecule has 176 valence electrons. The first kappa shape index (κ1) is 24.7. The highest BCUT2D eigenvalue weighted by Gasteiger charge is 2.28. The molecule has 2 heterocycles. The normalized spacial score (nSPS) is 12.0. The Morgan fingerprint density at radius 2 is 1.91 bits per heavy atom. The second-order valence-electron chi connectivity index (χ2n) is 8.46. The number of carbonyl (C=O) groups is 1. The van der Waals surface area contributed by atoms with E-state index in [-0.39, 0.29) is 32.9 Å². The lowest BCUT2D eigenvalue weighted by Gasteiger charge is -2.24. The summed E-state index contributed by atoms with van der Waals surface area (Å²) in [6.45, 7) is 6.89. The minimum absolute atomic E-state index is 0.0430. The van der Waals surface area contributed by atoms with Gasteiger partial charge in [0, 0.05) is 31.1 Å². The van der Waals surface area contributed by atoms with Crippen LogP contribution < -0.4 is 0 Å². The standard InChI is InChI=1S/C22H24ClFN4O4S/c1-14-6-8-17(12-25-14)33(30,31)20-11-16(13-27(5)21(29)32-22(2,3)4)26-28(20)19-10-15(24)7-9-18(19)23/h6-12H,13H2,1-5H3. The van der Waals surface area contributed by atoms with Crippen molar-refractivity contribution in [3.63, 3.8) is 0 Å². The summed E-state index contributed by atoms with van der Waals surface area (Å²) in [5.74, 6) is -0.613. The Labute approximate surface area is 196 Å². The van der Waals surface area contributed by atoms with Crippen molar-refractivity contribution in [2.75, 3.05) is 7.05 Å². The van der Waals surface area contributed by atoms with Crippen molar-refractivity contribution in [3.8, 4) is 5.69 Å². The van der Waals surface area contributed by atoms with Crippen LogP contribution in [0.2, 0.25) is 5.02 Å². The van der Waals surface area contributed by atoms with Crippen LogP contribution in [0.15, 0.2) is 52.5 Å². The second kappa shape index (κ2) is 9.11. The summed E-state index contributed by atoms with van der Waals surface area (Å²) in [6.07, 6.45) is 0.634. The van der Waals surface area contributed by atoms with Crippen LogP contribution in [0.1, 0.15) is 32.2 Å². The lowest BCUT2D eigenvalue weighted by Crippen LogP contribution is -2.33. The van der Waals surface area contributed by atoms with Crippen LogP contribution in [-0.2, 0) is 21.1 Å². The van der Waals surface area contributed by atoms with E-state index in [1.807, 2.05) is 0 Å². The number of nitrogens with zero attached hydrogens (tertiary/aromatic N) is 4. The lowest BCUT2D eigenvalue weighted by atomic mass is 10.2. The maximum absolute atomic E-state index is 14.0. The molecule has 0 N–H and O–H groups in total. The Morgan fingerprint density at radius 3 is 2.52 bits per heavy atom. The van der Waals surface area contributed by atoms with E-state index in [9.17, 15) is 17.6 Å². The topological polar surface area (TPSA) is 94.4 Å². The molecule has 8 nitrogen and oxygen atoms in total. The van der Waals surface area contributed by atoms with Crippen molar-refractivity contribution in [1.82, 2.24) is 19.7 Å². The van der Waals surface area contributed by atoms with E-state index in [1.54, 1.807) is 33.8 Å². The molecular formula is C22H24ClFN4O4S. The number of ether oxygens (including phenoxy) is 1. The zero-order valence-corrected chi connectivity index (χ0v) is 20.4. The highest BCUT2D eigenvalue weighted by Crippen LogP contribution is 2.29. The number of sulfone groups is 1. The van der Waals surface area contributed by atoms with E-state index >= 15 is 0 Å². The summed E-state index contributed by atoms with van der Waals surface area (Å²) in [6, 6.07) is 7.86. The molecule has 33 heavy (non-hydrogen) atoms. The number of rotatable bonds is 5. The van der Waals surface area contributed by atoms with Gasteiger partial charge in [-0.25, -0.2) is 22.3 Å². The molecule has 0 aliphatic carbocycles. The quantitative estimate of drug-likeness (QED) is 0.515. The summed E-state index contributed by atoms with van der Waals surface area (Å²) in [5, 5.41) is 4.19. The summed E-state index contributed by atoms with van der Waals surface area (Å²) in [7, 11) is -2.61. The molecule has 1 aromatic carbocycles. The molecule has 11 heteroatoms. The fourth-order valence-corrected chi connectivity index (χ4v) is 4.42. The average Bonchev–Trinajstić information content (AvgIpc) is 3.13. The van der Waals surface area contributed by atoms with Gasteiger partial charge in [-0.05, 0) is 52.0 Å². The lowest BCUT2D eigenvalue weighted by molar-refractivity contribution is 0.0283. The molecule has 0 aliphatic rings. The van der Waals surface area contributed by atoms with Gasteiger partial charge in [0.15, 0.2) is 5.03 Å². The molecule has 1 amide bonds. The number of benzene rings is 1. The number of aryl methyl sites for hydroxylation is 1. The molecule has 0 bridgehead atoms. The zero-order chi connectivity index (χ0) is 24.6. The maximum atomic E-state index is 14.0. The third kappa shape index (κ3) is 5.69. The Morgan fingerprint density at radius 1 is 1.21 bits per heavy atom. The third-order valence-corrected chi connectivity index (χ3v) is 6.46. The van der Waals surface area contributed by atoms with Crippen molar-refractivity contribution in [2.45, 2.75) is 49.8 Å². The summed E-state index contributed by atoms with van der Waals surface area (Å²) < 4.78 is 47.2. The number of aromatic nitrogens is 3. The molecule has 0 saturated carbocycles. The number of halogens is 2. The van der Waals surface area contributed by atoms with E-state index in [2.05, 4.69) is 10.1 Å². The molecule has 3 aromatic rings. The summed E-state index contributed by atoms with van der Waals surface area (Å²) in [4.78, 5) is 17.6. The minimum atomic E-state index is -4.11. The van der Waals surface area contributed by atoms with Crippen LogP contribution in [0.25, 0.3) is 5.69 Å². The van der Waals surface area contributed by atoms with Gasteiger partial charge in [0.25, 0.3) is 0 Å². The molecule has 0 saturated heterocycles. The largest absolute Gasteiger partial charge is 0.444 e. The number of hydrogen-bond acceptors (Lipinski definition) is 6. The Kier molecular flexibility index (Phi) is 6.80. The Hall–Kier alpha value is -2.98. The predicted octanol–water partition coefficient (Wildman–Crippen LogP) is 4.57. The van der Waals surface area contributed by atoms with E-state index in [0.29, 0.717) is 5.69 Å². The van der Waals surface area contributed by atoms with Crippen LogP contribution in [0.3, 0.4) is 0 Å². The molecule has 0 aliphatic heterocycles. The van der Waals surface area contributed by atoms with Crippen LogP contribution in [-0.4, -0.2) is 46.8 Å². The second-order valence-corrected chi connectivity index (χ2v) is 10.8. The molecule has 0 spiro atoms. The first-order chi connectivity index (χ1) is 15.3. The van der Waals surface area contributed by atoms with Crippen molar-refractivity contribution in [2.24, 2.45) is 0 Å². The van der Waals surface area contributed by atoms with Gasteiger partial charge < -0.3 is 9.64 Å². The Bertz CT molecular complexity index is 1280. The number of amides is 1. The Balaban J connectivity index is 2.10. The van der Waals surface area contributed by atoms with Crippen LogP contribution in [0.5, 0.6) is 0 Å². The van der Waals surface area contributed by atoms with E-state index < -0.39 is 27.3 Å². The molecule has 0 radical (unpaired) electrons. The maximum Gasteiger partial charge on any atom is 0.410 e. The highest BCUT2D eigenvalue weighted by molar-refractivity contribution is 7.91. The SMILES string of the molecule is Cc1ccc(S(=O)(=O)c2cc(CN(C)C(=O)OC(C)(C)C)nn2-c2cc(F)ccc2Cl)cn1. The van der Waals surface area contributed by atoms with Crippen molar-refractivity contribution in [1.29, 1.82) is 0 Å². The number of carbonyl (C=O) groups excluding carboxylic acids is 1. The zero-order valence-electron chi connectivity index (χ0n) is 18.8. The average molecular weight is 495 g/mol. The van der Waals surface area contributed by atoms with Crippen molar-refractivity contribution < 1.29 is 22.3 Å². The van der Waals surface area contributed by atoms with Crippen molar-refractivity contribution >= 4 is 27.5 Å². The van der Waals surface area contributed by atoms with Gasteiger partial charge in [0.2, 0.25) is 9.84 Å². The molecule has 0 atom stereocenters. The first-order valence-electron chi connectivity index (χ1n) is 9.94. The first-order valence-corrected chi connectivity index (χ1v) is 11.8. The van der Waals surface area contributed by atoms with Gasteiger partial charge in [-0.15, -0.1) is 0 Å². The number of pyridine rings is 1. The molecule has 0 fully saturated rings. The van der Waals surface area contributed by atoms with Crippen LogP contribution in [0.4, 0.5) is 9.18 Å². The monoisotopic (exact) mass is 494 g/mol. The smallest absolute Gasteiger partial charge is 0.410 e. The molecular weight excluding hydrogens is 471 g/mol. The number of hydrogen-bond donors (Lipinski definition) is 0. The molecule has 0 unspecified atom stereocenters. The molecule has 2 aromatic heterocycles. The van der Waals surface area contributed by atoms with E-state index in [4.69, 9.17) is 16.3 Å². The molecule has 3 rings (SSSR count). The van der Waals surface area contributed by atoms with Gasteiger partial charge in [-0.2, -0.15) is 5.10 Å². The van der Waals surface area contributed by atoms with Gasteiger partial charge in [-0.3, -0.25) is 4.98 Å². The predicted molar refractivity (Wildman–Crippen MR) is 121 cm³/mol.